The van der Waals surface area contributed by atoms with E-state index in [1.807, 2.05) is 63.2 Å². The lowest BCUT2D eigenvalue weighted by Crippen LogP contribution is -2.30. The Labute approximate surface area is 184 Å². The first-order chi connectivity index (χ1) is 14.6. The Morgan fingerprint density at radius 1 is 0.903 bits per heavy atom. The van der Waals surface area contributed by atoms with Crippen molar-refractivity contribution in [3.8, 4) is 0 Å². The van der Waals surface area contributed by atoms with E-state index in [4.69, 9.17) is 0 Å². The largest absolute Gasteiger partial charge is 0.348 e. The number of rotatable bonds is 7. The van der Waals surface area contributed by atoms with Crippen LogP contribution in [0.5, 0.6) is 0 Å². The third kappa shape index (κ3) is 5.73. The number of carbonyl (C=O) groups excluding carboxylic acids is 1. The van der Waals surface area contributed by atoms with E-state index in [1.165, 1.54) is 10.6 Å². The lowest BCUT2D eigenvalue weighted by atomic mass is 10.1. The number of hydrogen-bond donors (Lipinski definition) is 1. The average molecular weight is 437 g/mol. The molecule has 3 aromatic rings. The second-order valence-electron chi connectivity index (χ2n) is 7.87. The van der Waals surface area contributed by atoms with Gasteiger partial charge in [0.05, 0.1) is 18.5 Å². The molecule has 3 rings (SSSR count). The van der Waals surface area contributed by atoms with Gasteiger partial charge < -0.3 is 5.32 Å². The van der Waals surface area contributed by atoms with Crippen LogP contribution < -0.4 is 9.62 Å². The third-order valence-corrected chi connectivity index (χ3v) is 6.40. The van der Waals surface area contributed by atoms with Crippen LogP contribution in [0.1, 0.15) is 38.2 Å². The van der Waals surface area contributed by atoms with Crippen molar-refractivity contribution in [3.05, 3.63) is 100 Å². The van der Waals surface area contributed by atoms with Gasteiger partial charge in [-0.2, -0.15) is 0 Å². The lowest BCUT2D eigenvalue weighted by molar-refractivity contribution is 0.0951. The topological polar surface area (TPSA) is 66.5 Å². The number of benzene rings is 3. The van der Waals surface area contributed by atoms with E-state index in [0.29, 0.717) is 17.8 Å². The van der Waals surface area contributed by atoms with Gasteiger partial charge in [0.25, 0.3) is 5.91 Å². The van der Waals surface area contributed by atoms with Crippen molar-refractivity contribution >= 4 is 21.6 Å². The van der Waals surface area contributed by atoms with E-state index in [2.05, 4.69) is 5.32 Å². The van der Waals surface area contributed by atoms with Gasteiger partial charge in [-0.05, 0) is 66.8 Å². The summed E-state index contributed by atoms with van der Waals surface area (Å²) in [5, 5.41) is 2.93. The molecule has 31 heavy (non-hydrogen) atoms. The van der Waals surface area contributed by atoms with Crippen LogP contribution >= 0.6 is 0 Å². The number of carbonyl (C=O) groups is 1. The Morgan fingerprint density at radius 3 is 2.23 bits per heavy atom. The van der Waals surface area contributed by atoms with Crippen molar-refractivity contribution in [2.24, 2.45) is 0 Å². The smallest absolute Gasteiger partial charge is 0.251 e. The van der Waals surface area contributed by atoms with Crippen molar-refractivity contribution in [2.75, 3.05) is 10.6 Å². The molecular weight excluding hydrogens is 408 g/mol. The van der Waals surface area contributed by atoms with Crippen LogP contribution in [0.3, 0.4) is 0 Å². The van der Waals surface area contributed by atoms with Crippen LogP contribution in [0.2, 0.25) is 0 Å². The number of anilines is 1. The second kappa shape index (κ2) is 9.35. The minimum atomic E-state index is -3.47. The molecule has 1 amide bonds. The minimum absolute atomic E-state index is 0.163. The molecule has 0 atom stereocenters. The second-order valence-corrected chi connectivity index (χ2v) is 9.77. The highest BCUT2D eigenvalue weighted by Crippen LogP contribution is 2.26. The summed E-state index contributed by atoms with van der Waals surface area (Å²) < 4.78 is 26.4. The molecule has 5 nitrogen and oxygen atoms in total. The number of amides is 1. The normalized spacial score (nSPS) is 11.2. The number of hydrogen-bond acceptors (Lipinski definition) is 3. The molecule has 0 unspecified atom stereocenters. The number of nitrogens with zero attached hydrogens (tertiary/aromatic N) is 1. The highest BCUT2D eigenvalue weighted by Gasteiger charge is 2.20. The molecule has 0 saturated carbocycles. The molecule has 0 heterocycles. The molecule has 0 aromatic heterocycles. The third-order valence-electron chi connectivity index (χ3n) is 5.28. The summed E-state index contributed by atoms with van der Waals surface area (Å²) in [5.74, 6) is -0.163. The average Bonchev–Trinajstić information content (AvgIpc) is 2.73. The summed E-state index contributed by atoms with van der Waals surface area (Å²) in [7, 11) is -3.47. The van der Waals surface area contributed by atoms with Gasteiger partial charge in [-0.15, -0.1) is 0 Å². The van der Waals surface area contributed by atoms with Crippen LogP contribution in [0.15, 0.2) is 66.7 Å². The Hall–Kier alpha value is -3.12. The van der Waals surface area contributed by atoms with Gasteiger partial charge in [0.15, 0.2) is 0 Å². The highest BCUT2D eigenvalue weighted by atomic mass is 32.2. The van der Waals surface area contributed by atoms with Crippen molar-refractivity contribution in [3.63, 3.8) is 0 Å². The van der Waals surface area contributed by atoms with Gasteiger partial charge >= 0.3 is 0 Å². The van der Waals surface area contributed by atoms with E-state index >= 15 is 0 Å². The van der Waals surface area contributed by atoms with E-state index in [-0.39, 0.29) is 12.5 Å². The summed E-state index contributed by atoms with van der Waals surface area (Å²) in [4.78, 5) is 12.5. The molecule has 0 aliphatic rings. The SMILES string of the molecule is Cc1ccc(C)c(N(Cc2ccc(C(=O)NCc3ccccc3C)cc2)S(C)(=O)=O)c1. The molecule has 0 aliphatic heterocycles. The zero-order valence-corrected chi connectivity index (χ0v) is 19.2. The van der Waals surface area contributed by atoms with Crippen LogP contribution in [0.4, 0.5) is 5.69 Å². The molecule has 6 heteroatoms. The first kappa shape index (κ1) is 22.6. The molecule has 0 saturated heterocycles. The molecule has 3 aromatic carbocycles. The highest BCUT2D eigenvalue weighted by molar-refractivity contribution is 7.92. The standard InChI is InChI=1S/C25H28N2O3S/c1-18-9-10-20(3)24(15-18)27(31(4,29)30)17-21-11-13-22(14-12-21)25(28)26-16-23-8-6-5-7-19(23)2/h5-15H,16-17H2,1-4H3,(H,26,28). The van der Waals surface area contributed by atoms with Gasteiger partial charge in [-0.25, -0.2) is 8.42 Å². The number of nitrogens with one attached hydrogen (secondary N) is 1. The summed E-state index contributed by atoms with van der Waals surface area (Å²) in [6.07, 6.45) is 1.21. The Balaban J connectivity index is 1.74. The molecule has 0 bridgehead atoms. The van der Waals surface area contributed by atoms with Crippen molar-refractivity contribution in [2.45, 2.75) is 33.9 Å². The fourth-order valence-corrected chi connectivity index (χ4v) is 4.32. The summed E-state index contributed by atoms with van der Waals surface area (Å²) in [6, 6.07) is 20.7. The molecule has 162 valence electrons. The monoisotopic (exact) mass is 436 g/mol. The molecule has 1 N–H and O–H groups in total. The summed E-state index contributed by atoms with van der Waals surface area (Å²) in [6.45, 7) is 6.51. The molecule has 0 fully saturated rings. The fraction of sp³-hybridized carbons (Fsp3) is 0.240. The van der Waals surface area contributed by atoms with Gasteiger partial charge in [-0.3, -0.25) is 9.10 Å². The Morgan fingerprint density at radius 2 is 1.58 bits per heavy atom. The molecular formula is C25H28N2O3S. The number of aryl methyl sites for hydroxylation is 3. The zero-order chi connectivity index (χ0) is 22.6. The molecule has 0 aliphatic carbocycles. The lowest BCUT2D eigenvalue weighted by Gasteiger charge is -2.25. The van der Waals surface area contributed by atoms with Crippen molar-refractivity contribution in [1.82, 2.24) is 5.32 Å². The predicted molar refractivity (Wildman–Crippen MR) is 126 cm³/mol. The van der Waals surface area contributed by atoms with Gasteiger partial charge in [0.1, 0.15) is 0 Å². The Bertz CT molecular complexity index is 1190. The van der Waals surface area contributed by atoms with E-state index in [9.17, 15) is 13.2 Å². The van der Waals surface area contributed by atoms with Crippen molar-refractivity contribution in [1.29, 1.82) is 0 Å². The number of sulfonamides is 1. The van der Waals surface area contributed by atoms with Gasteiger partial charge in [0.2, 0.25) is 10.0 Å². The van der Waals surface area contributed by atoms with Crippen molar-refractivity contribution < 1.29 is 13.2 Å². The van der Waals surface area contributed by atoms with Gasteiger partial charge in [0, 0.05) is 12.1 Å². The maximum Gasteiger partial charge on any atom is 0.251 e. The first-order valence-corrected chi connectivity index (χ1v) is 12.0. The molecule has 0 spiro atoms. The zero-order valence-electron chi connectivity index (χ0n) is 18.3. The van der Waals surface area contributed by atoms with E-state index < -0.39 is 10.0 Å². The minimum Gasteiger partial charge on any atom is -0.348 e. The van der Waals surface area contributed by atoms with Crippen LogP contribution in [0.25, 0.3) is 0 Å². The molecule has 0 radical (unpaired) electrons. The Kier molecular flexibility index (Phi) is 6.81. The van der Waals surface area contributed by atoms with Crippen LogP contribution in [-0.2, 0) is 23.1 Å². The quantitative estimate of drug-likeness (QED) is 0.593. The maximum absolute atomic E-state index is 12.5. The van der Waals surface area contributed by atoms with Crippen LogP contribution in [0, 0.1) is 20.8 Å². The maximum atomic E-state index is 12.5. The van der Waals surface area contributed by atoms with E-state index in [0.717, 1.165) is 27.8 Å². The first-order valence-electron chi connectivity index (χ1n) is 10.1. The fourth-order valence-electron chi connectivity index (χ4n) is 3.38. The summed E-state index contributed by atoms with van der Waals surface area (Å²) >= 11 is 0. The van der Waals surface area contributed by atoms with Gasteiger partial charge in [-0.1, -0.05) is 48.5 Å². The predicted octanol–water partition coefficient (Wildman–Crippen LogP) is 4.51. The van der Waals surface area contributed by atoms with E-state index in [1.54, 1.807) is 24.3 Å². The van der Waals surface area contributed by atoms with Crippen LogP contribution in [-0.4, -0.2) is 20.6 Å². The summed E-state index contributed by atoms with van der Waals surface area (Å²) in [5.41, 5.74) is 6.10.